The average Bonchev–Trinajstić information content (AvgIpc) is 2.37. The van der Waals surface area contributed by atoms with E-state index in [9.17, 15) is 4.39 Å². The molecule has 1 unspecified atom stereocenters. The second kappa shape index (κ2) is 5.55. The lowest BCUT2D eigenvalue weighted by Gasteiger charge is -2.08. The maximum Gasteiger partial charge on any atom is 0.159 e. The van der Waals surface area contributed by atoms with Crippen LogP contribution in [0.1, 0.15) is 6.92 Å². The number of hydrogen-bond donors (Lipinski definition) is 1. The van der Waals surface area contributed by atoms with Gasteiger partial charge in [0.25, 0.3) is 0 Å². The van der Waals surface area contributed by atoms with Gasteiger partial charge < -0.3 is 10.5 Å². The molecule has 0 aliphatic rings. The predicted molar refractivity (Wildman–Crippen MR) is 66.6 cm³/mol. The minimum absolute atomic E-state index is 0.0482. The average molecular weight is 247 g/mol. The van der Waals surface area contributed by atoms with E-state index in [0.29, 0.717) is 23.7 Å². The lowest BCUT2D eigenvalue weighted by molar-refractivity contribution is 0.294. The highest BCUT2D eigenvalue weighted by Crippen LogP contribution is 2.17. The van der Waals surface area contributed by atoms with E-state index in [1.165, 1.54) is 12.1 Å². The summed E-state index contributed by atoms with van der Waals surface area (Å²) in [4.78, 5) is 8.25. The van der Waals surface area contributed by atoms with E-state index in [4.69, 9.17) is 10.5 Å². The van der Waals surface area contributed by atoms with Gasteiger partial charge in [-0.1, -0.05) is 12.1 Å². The Morgan fingerprint density at radius 2 is 2.06 bits per heavy atom. The summed E-state index contributed by atoms with van der Waals surface area (Å²) in [7, 11) is 0. The van der Waals surface area contributed by atoms with Gasteiger partial charge in [-0.05, 0) is 19.1 Å². The second-order valence-electron chi connectivity index (χ2n) is 4.04. The van der Waals surface area contributed by atoms with E-state index in [1.807, 2.05) is 6.92 Å². The maximum absolute atomic E-state index is 13.0. The van der Waals surface area contributed by atoms with Crippen LogP contribution in [0.15, 0.2) is 36.7 Å². The van der Waals surface area contributed by atoms with Crippen molar-refractivity contribution in [1.82, 2.24) is 9.97 Å². The third kappa shape index (κ3) is 3.24. The van der Waals surface area contributed by atoms with Crippen molar-refractivity contribution in [3.8, 4) is 17.1 Å². The van der Waals surface area contributed by atoms with Gasteiger partial charge >= 0.3 is 0 Å². The Morgan fingerprint density at radius 1 is 1.33 bits per heavy atom. The number of ether oxygens (including phenoxy) is 1. The van der Waals surface area contributed by atoms with Crippen LogP contribution in [-0.4, -0.2) is 22.6 Å². The molecule has 4 nitrogen and oxygen atoms in total. The first-order chi connectivity index (χ1) is 8.65. The van der Waals surface area contributed by atoms with Gasteiger partial charge in [-0.25, -0.2) is 14.4 Å². The van der Waals surface area contributed by atoms with Crippen LogP contribution in [-0.2, 0) is 0 Å². The SMILES string of the molecule is CC(N)COc1cnc(-c2cccc(F)c2)nc1. The second-order valence-corrected chi connectivity index (χ2v) is 4.04. The van der Waals surface area contributed by atoms with Crippen LogP contribution in [0.25, 0.3) is 11.4 Å². The molecule has 0 saturated heterocycles. The Kier molecular flexibility index (Phi) is 3.84. The van der Waals surface area contributed by atoms with Crippen LogP contribution < -0.4 is 10.5 Å². The summed E-state index contributed by atoms with van der Waals surface area (Å²) in [5, 5.41) is 0. The van der Waals surface area contributed by atoms with Crippen LogP contribution in [0, 0.1) is 5.82 Å². The number of rotatable bonds is 4. The summed E-state index contributed by atoms with van der Waals surface area (Å²) in [5.41, 5.74) is 6.20. The molecule has 0 amide bonds. The lowest BCUT2D eigenvalue weighted by atomic mass is 10.2. The fourth-order valence-electron chi connectivity index (χ4n) is 1.40. The molecule has 1 heterocycles. The van der Waals surface area contributed by atoms with Gasteiger partial charge in [-0.15, -0.1) is 0 Å². The molecule has 5 heteroatoms. The molecule has 0 radical (unpaired) electrons. The van der Waals surface area contributed by atoms with Crippen LogP contribution in [0.3, 0.4) is 0 Å². The number of nitrogens with two attached hydrogens (primary N) is 1. The van der Waals surface area contributed by atoms with Gasteiger partial charge in [-0.3, -0.25) is 0 Å². The molecule has 0 aliphatic carbocycles. The minimum Gasteiger partial charge on any atom is -0.489 e. The van der Waals surface area contributed by atoms with Crippen molar-refractivity contribution in [2.75, 3.05) is 6.61 Å². The molecule has 2 N–H and O–H groups in total. The lowest BCUT2D eigenvalue weighted by Crippen LogP contribution is -2.23. The van der Waals surface area contributed by atoms with E-state index in [0.717, 1.165) is 0 Å². The third-order valence-corrected chi connectivity index (χ3v) is 2.22. The number of benzene rings is 1. The van der Waals surface area contributed by atoms with E-state index in [-0.39, 0.29) is 11.9 Å². The highest BCUT2D eigenvalue weighted by Gasteiger charge is 2.03. The minimum atomic E-state index is -0.312. The Hall–Kier alpha value is -2.01. The molecule has 18 heavy (non-hydrogen) atoms. The summed E-state index contributed by atoms with van der Waals surface area (Å²) >= 11 is 0. The summed E-state index contributed by atoms with van der Waals surface area (Å²) < 4.78 is 18.4. The van der Waals surface area contributed by atoms with E-state index < -0.39 is 0 Å². The Bertz CT molecular complexity index is 514. The van der Waals surface area contributed by atoms with Crippen LogP contribution in [0.2, 0.25) is 0 Å². The zero-order valence-corrected chi connectivity index (χ0v) is 10.0. The van der Waals surface area contributed by atoms with Crippen LogP contribution in [0.4, 0.5) is 4.39 Å². The van der Waals surface area contributed by atoms with Crippen molar-refractivity contribution in [3.63, 3.8) is 0 Å². The largest absolute Gasteiger partial charge is 0.489 e. The molecule has 0 bridgehead atoms. The fourth-order valence-corrected chi connectivity index (χ4v) is 1.40. The highest BCUT2D eigenvalue weighted by molar-refractivity contribution is 5.54. The van der Waals surface area contributed by atoms with Crippen LogP contribution in [0.5, 0.6) is 5.75 Å². The van der Waals surface area contributed by atoms with Gasteiger partial charge in [0.1, 0.15) is 12.4 Å². The Labute approximate surface area is 105 Å². The molecular weight excluding hydrogens is 233 g/mol. The molecule has 94 valence electrons. The number of nitrogens with zero attached hydrogens (tertiary/aromatic N) is 2. The smallest absolute Gasteiger partial charge is 0.159 e. The molecule has 1 aromatic carbocycles. The van der Waals surface area contributed by atoms with Crippen molar-refractivity contribution in [2.45, 2.75) is 13.0 Å². The topological polar surface area (TPSA) is 61.0 Å². The molecule has 0 fully saturated rings. The molecule has 1 atom stereocenters. The summed E-state index contributed by atoms with van der Waals surface area (Å²) in [5.74, 6) is 0.698. The van der Waals surface area contributed by atoms with Crippen molar-refractivity contribution >= 4 is 0 Å². The molecule has 0 saturated carbocycles. The van der Waals surface area contributed by atoms with Gasteiger partial charge in [0.15, 0.2) is 11.6 Å². The van der Waals surface area contributed by atoms with Crippen LogP contribution >= 0.6 is 0 Å². The number of aromatic nitrogens is 2. The maximum atomic E-state index is 13.0. The Morgan fingerprint density at radius 3 is 2.67 bits per heavy atom. The van der Waals surface area contributed by atoms with Gasteiger partial charge in [0.05, 0.1) is 12.4 Å². The molecule has 2 aromatic rings. The predicted octanol–water partition coefficient (Wildman–Crippen LogP) is 2.01. The molecular formula is C13H14FN3O. The fraction of sp³-hybridized carbons (Fsp3) is 0.231. The summed E-state index contributed by atoms with van der Waals surface area (Å²) in [6, 6.07) is 6.09. The van der Waals surface area contributed by atoms with Gasteiger partial charge in [0.2, 0.25) is 0 Å². The monoisotopic (exact) mass is 247 g/mol. The standard InChI is InChI=1S/C13H14FN3O/c1-9(15)8-18-12-6-16-13(17-7-12)10-3-2-4-11(14)5-10/h2-7,9H,8,15H2,1H3. The summed E-state index contributed by atoms with van der Waals surface area (Å²) in [6.07, 6.45) is 3.10. The van der Waals surface area contributed by atoms with E-state index in [2.05, 4.69) is 9.97 Å². The summed E-state index contributed by atoms with van der Waals surface area (Å²) in [6.45, 7) is 2.25. The van der Waals surface area contributed by atoms with Crippen molar-refractivity contribution in [1.29, 1.82) is 0 Å². The third-order valence-electron chi connectivity index (χ3n) is 2.22. The first kappa shape index (κ1) is 12.4. The Balaban J connectivity index is 2.12. The molecule has 1 aromatic heterocycles. The zero-order chi connectivity index (χ0) is 13.0. The first-order valence-electron chi connectivity index (χ1n) is 5.61. The van der Waals surface area contributed by atoms with Crippen molar-refractivity contribution in [3.05, 3.63) is 42.5 Å². The van der Waals surface area contributed by atoms with E-state index >= 15 is 0 Å². The quantitative estimate of drug-likeness (QED) is 0.897. The van der Waals surface area contributed by atoms with Gasteiger partial charge in [-0.2, -0.15) is 0 Å². The highest BCUT2D eigenvalue weighted by atomic mass is 19.1. The van der Waals surface area contributed by atoms with Crippen molar-refractivity contribution in [2.24, 2.45) is 5.73 Å². The van der Waals surface area contributed by atoms with Gasteiger partial charge in [0, 0.05) is 11.6 Å². The zero-order valence-electron chi connectivity index (χ0n) is 10.0. The van der Waals surface area contributed by atoms with E-state index in [1.54, 1.807) is 24.5 Å². The normalized spacial score (nSPS) is 12.2. The molecule has 2 rings (SSSR count). The first-order valence-corrected chi connectivity index (χ1v) is 5.61. The molecule has 0 aliphatic heterocycles. The number of hydrogen-bond acceptors (Lipinski definition) is 4. The van der Waals surface area contributed by atoms with Crippen molar-refractivity contribution < 1.29 is 9.13 Å². The molecule has 0 spiro atoms. The number of halogens is 1.